The van der Waals surface area contributed by atoms with Gasteiger partial charge in [-0.2, -0.15) is 0 Å². The minimum absolute atomic E-state index is 0.0825. The van der Waals surface area contributed by atoms with Crippen molar-refractivity contribution < 1.29 is 23.0 Å². The molecular weight excluding hydrogens is 328 g/mol. The minimum atomic E-state index is -2.81. The van der Waals surface area contributed by atoms with Crippen LogP contribution in [0, 0.1) is 11.8 Å². The molecule has 2 saturated heterocycles. The average Bonchev–Trinajstić information content (AvgIpc) is 2.95. The lowest BCUT2D eigenvalue weighted by atomic mass is 9.86. The number of rotatable bonds is 5. The molecule has 2 rings (SSSR count). The summed E-state index contributed by atoms with van der Waals surface area (Å²) >= 11 is 0. The maximum atomic E-state index is 15.2. The van der Waals surface area contributed by atoms with E-state index < -0.39 is 35.5 Å². The number of hydrogen-bond donors (Lipinski definition) is 0. The van der Waals surface area contributed by atoms with E-state index in [4.69, 9.17) is 9.47 Å². The molecule has 4 nitrogen and oxygen atoms in total. The SMILES string of the molecule is CC(C)[C@@H](C(=O)OC(C)(C)C)N1CCCC1C(F)(F)C1CCOCC1. The van der Waals surface area contributed by atoms with Crippen LogP contribution in [0.1, 0.15) is 60.3 Å². The first-order valence-electron chi connectivity index (χ1n) is 9.48. The van der Waals surface area contributed by atoms with Gasteiger partial charge in [-0.3, -0.25) is 9.69 Å². The third-order valence-electron chi connectivity index (χ3n) is 5.14. The Labute approximate surface area is 150 Å². The van der Waals surface area contributed by atoms with Gasteiger partial charge in [0.05, 0.1) is 6.04 Å². The molecule has 0 aromatic heterocycles. The second kappa shape index (κ2) is 7.87. The number of nitrogens with zero attached hydrogens (tertiary/aromatic N) is 1. The molecule has 25 heavy (non-hydrogen) atoms. The molecule has 2 aliphatic rings. The van der Waals surface area contributed by atoms with Crippen molar-refractivity contribution in [2.24, 2.45) is 11.8 Å². The number of hydrogen-bond acceptors (Lipinski definition) is 4. The van der Waals surface area contributed by atoms with Crippen LogP contribution in [-0.2, 0) is 14.3 Å². The van der Waals surface area contributed by atoms with Crippen molar-refractivity contribution >= 4 is 5.97 Å². The lowest BCUT2D eigenvalue weighted by Crippen LogP contribution is -2.56. The van der Waals surface area contributed by atoms with Crippen LogP contribution in [0.15, 0.2) is 0 Å². The lowest BCUT2D eigenvalue weighted by molar-refractivity contribution is -0.174. The van der Waals surface area contributed by atoms with Crippen molar-refractivity contribution in [2.45, 2.75) is 83.9 Å². The molecule has 0 saturated carbocycles. The Morgan fingerprint density at radius 2 is 1.76 bits per heavy atom. The van der Waals surface area contributed by atoms with E-state index in [2.05, 4.69) is 0 Å². The van der Waals surface area contributed by atoms with Crippen LogP contribution in [-0.4, -0.2) is 54.2 Å². The van der Waals surface area contributed by atoms with Gasteiger partial charge in [-0.1, -0.05) is 13.8 Å². The maximum absolute atomic E-state index is 15.2. The van der Waals surface area contributed by atoms with E-state index in [-0.39, 0.29) is 5.92 Å². The second-order valence-electron chi connectivity index (χ2n) is 8.68. The summed E-state index contributed by atoms with van der Waals surface area (Å²) in [5.41, 5.74) is -0.622. The Balaban J connectivity index is 2.20. The van der Waals surface area contributed by atoms with Crippen molar-refractivity contribution in [3.63, 3.8) is 0 Å². The zero-order chi connectivity index (χ0) is 18.8. The lowest BCUT2D eigenvalue weighted by Gasteiger charge is -2.41. The molecule has 0 amide bonds. The predicted molar refractivity (Wildman–Crippen MR) is 92.7 cm³/mol. The molecule has 6 heteroatoms. The third-order valence-corrected chi connectivity index (χ3v) is 5.14. The van der Waals surface area contributed by atoms with Crippen LogP contribution in [0.3, 0.4) is 0 Å². The summed E-state index contributed by atoms with van der Waals surface area (Å²) in [7, 11) is 0. The van der Waals surface area contributed by atoms with Gasteiger partial charge in [0.2, 0.25) is 0 Å². The molecule has 1 unspecified atom stereocenters. The van der Waals surface area contributed by atoms with Gasteiger partial charge < -0.3 is 9.47 Å². The van der Waals surface area contributed by atoms with E-state index in [0.717, 1.165) is 0 Å². The second-order valence-corrected chi connectivity index (χ2v) is 8.68. The maximum Gasteiger partial charge on any atom is 0.324 e. The van der Waals surface area contributed by atoms with Crippen molar-refractivity contribution in [3.05, 3.63) is 0 Å². The van der Waals surface area contributed by atoms with Crippen LogP contribution < -0.4 is 0 Å². The summed E-state index contributed by atoms with van der Waals surface area (Å²) < 4.78 is 41.3. The molecule has 146 valence electrons. The van der Waals surface area contributed by atoms with Crippen LogP contribution >= 0.6 is 0 Å². The van der Waals surface area contributed by atoms with Gasteiger partial charge in [0.1, 0.15) is 11.6 Å². The Hall–Kier alpha value is -0.750. The normalized spacial score (nSPS) is 25.4. The fraction of sp³-hybridized carbons (Fsp3) is 0.947. The molecule has 2 heterocycles. The first kappa shape index (κ1) is 20.6. The molecule has 2 fully saturated rings. The monoisotopic (exact) mass is 361 g/mol. The van der Waals surface area contributed by atoms with Crippen LogP contribution in [0.5, 0.6) is 0 Å². The summed E-state index contributed by atoms with van der Waals surface area (Å²) in [6.45, 7) is 10.5. The molecule has 0 bridgehead atoms. The van der Waals surface area contributed by atoms with Crippen molar-refractivity contribution in [1.29, 1.82) is 0 Å². The Kier molecular flexibility index (Phi) is 6.47. The molecular formula is C19H33F2NO3. The molecule has 0 radical (unpaired) electrons. The molecule has 0 spiro atoms. The zero-order valence-corrected chi connectivity index (χ0v) is 16.2. The van der Waals surface area contributed by atoms with E-state index in [1.54, 1.807) is 25.7 Å². The van der Waals surface area contributed by atoms with E-state index in [1.807, 2.05) is 13.8 Å². The average molecular weight is 361 g/mol. The van der Waals surface area contributed by atoms with Crippen molar-refractivity contribution in [2.75, 3.05) is 19.8 Å². The van der Waals surface area contributed by atoms with Gasteiger partial charge in [-0.05, 0) is 58.9 Å². The van der Waals surface area contributed by atoms with Gasteiger partial charge in [0, 0.05) is 19.1 Å². The fourth-order valence-electron chi connectivity index (χ4n) is 4.04. The quantitative estimate of drug-likeness (QED) is 0.697. The van der Waals surface area contributed by atoms with Crippen LogP contribution in [0.2, 0.25) is 0 Å². The Bertz CT molecular complexity index is 456. The largest absolute Gasteiger partial charge is 0.459 e. The Morgan fingerprint density at radius 3 is 2.28 bits per heavy atom. The minimum Gasteiger partial charge on any atom is -0.459 e. The van der Waals surface area contributed by atoms with Crippen molar-refractivity contribution in [3.8, 4) is 0 Å². The molecule has 2 aliphatic heterocycles. The highest BCUT2D eigenvalue weighted by Crippen LogP contribution is 2.42. The number of esters is 1. The first-order valence-corrected chi connectivity index (χ1v) is 9.48. The van der Waals surface area contributed by atoms with E-state index in [1.165, 1.54) is 0 Å². The smallest absolute Gasteiger partial charge is 0.324 e. The molecule has 0 aromatic rings. The highest BCUT2D eigenvalue weighted by Gasteiger charge is 2.54. The number of carbonyl (C=O) groups excluding carboxylic acids is 1. The third kappa shape index (κ3) is 4.91. The van der Waals surface area contributed by atoms with E-state index in [9.17, 15) is 4.79 Å². The van der Waals surface area contributed by atoms with Gasteiger partial charge in [0.25, 0.3) is 5.92 Å². The molecule has 2 atom stereocenters. The van der Waals surface area contributed by atoms with Crippen LogP contribution in [0.4, 0.5) is 8.78 Å². The number of carbonyl (C=O) groups is 1. The predicted octanol–water partition coefficient (Wildman–Crippen LogP) is 3.88. The standard InChI is InChI=1S/C19H33F2NO3/c1-13(2)16(17(23)25-18(3,4)5)22-10-6-7-15(22)19(20,21)14-8-11-24-12-9-14/h13-16H,6-12H2,1-5H3/t15?,16-/m0/s1. The summed E-state index contributed by atoms with van der Waals surface area (Å²) in [6, 6.07) is -1.52. The molecule has 0 aromatic carbocycles. The van der Waals surface area contributed by atoms with Crippen molar-refractivity contribution in [1.82, 2.24) is 4.90 Å². The van der Waals surface area contributed by atoms with Gasteiger partial charge in [0.15, 0.2) is 0 Å². The highest BCUT2D eigenvalue weighted by molar-refractivity contribution is 5.76. The molecule has 0 N–H and O–H groups in total. The number of likely N-dealkylation sites (tertiary alicyclic amines) is 1. The van der Waals surface area contributed by atoms with Crippen LogP contribution in [0.25, 0.3) is 0 Å². The van der Waals surface area contributed by atoms with E-state index >= 15 is 8.78 Å². The number of alkyl halides is 2. The van der Waals surface area contributed by atoms with E-state index in [0.29, 0.717) is 45.4 Å². The summed E-state index contributed by atoms with van der Waals surface area (Å²) in [5.74, 6) is -3.95. The summed E-state index contributed by atoms with van der Waals surface area (Å²) in [5, 5.41) is 0. The highest BCUT2D eigenvalue weighted by atomic mass is 19.3. The first-order chi connectivity index (χ1) is 11.5. The Morgan fingerprint density at radius 1 is 1.16 bits per heavy atom. The fourth-order valence-corrected chi connectivity index (χ4v) is 4.04. The van der Waals surface area contributed by atoms with Gasteiger partial charge >= 0.3 is 5.97 Å². The summed E-state index contributed by atoms with van der Waals surface area (Å²) in [4.78, 5) is 14.4. The topological polar surface area (TPSA) is 38.8 Å². The zero-order valence-electron chi connectivity index (χ0n) is 16.2. The number of halogens is 2. The van der Waals surface area contributed by atoms with Gasteiger partial charge in [-0.15, -0.1) is 0 Å². The van der Waals surface area contributed by atoms with Gasteiger partial charge in [-0.25, -0.2) is 8.78 Å². The number of ether oxygens (including phenoxy) is 2. The summed E-state index contributed by atoms with van der Waals surface area (Å²) in [6.07, 6.45) is 1.89. The molecule has 0 aliphatic carbocycles.